The third-order valence-corrected chi connectivity index (χ3v) is 7.63. The van der Waals surface area contributed by atoms with Crippen LogP contribution >= 0.6 is 11.8 Å². The molecule has 5 rings (SSSR count). The third kappa shape index (κ3) is 5.17. The predicted octanol–water partition coefficient (Wildman–Crippen LogP) is 6.28. The van der Waals surface area contributed by atoms with Crippen molar-refractivity contribution in [2.45, 2.75) is 43.1 Å². The molecule has 2 heterocycles. The van der Waals surface area contributed by atoms with Crippen molar-refractivity contribution in [1.29, 1.82) is 0 Å². The SMILES string of the molecule is CCn1c(SCc2ccccc2)nnc1C1CCCN(C(=O)c2ccccc2-c2ccccc2)C1. The third-order valence-electron chi connectivity index (χ3n) is 6.59. The lowest BCUT2D eigenvalue weighted by atomic mass is 9.94. The average Bonchev–Trinajstić information content (AvgIpc) is 3.35. The first-order valence-electron chi connectivity index (χ1n) is 12.3. The number of aromatic nitrogens is 3. The number of rotatable bonds is 7. The molecule has 0 bridgehead atoms. The maximum atomic E-state index is 13.7. The van der Waals surface area contributed by atoms with Gasteiger partial charge in [-0.3, -0.25) is 4.79 Å². The Morgan fingerprint density at radius 1 is 0.943 bits per heavy atom. The van der Waals surface area contributed by atoms with Crippen molar-refractivity contribution in [3.8, 4) is 11.1 Å². The van der Waals surface area contributed by atoms with E-state index in [0.717, 1.165) is 59.4 Å². The molecule has 1 fully saturated rings. The highest BCUT2D eigenvalue weighted by Gasteiger charge is 2.30. The number of thioether (sulfide) groups is 1. The molecule has 1 aromatic heterocycles. The molecule has 0 saturated carbocycles. The van der Waals surface area contributed by atoms with E-state index in [1.807, 2.05) is 53.4 Å². The number of amides is 1. The molecule has 0 spiro atoms. The predicted molar refractivity (Wildman–Crippen MR) is 141 cm³/mol. The van der Waals surface area contributed by atoms with Crippen LogP contribution in [0.4, 0.5) is 0 Å². The average molecular weight is 483 g/mol. The molecular formula is C29H30N4OS. The molecule has 5 nitrogen and oxygen atoms in total. The second-order valence-corrected chi connectivity index (χ2v) is 9.80. The zero-order valence-corrected chi connectivity index (χ0v) is 20.8. The Morgan fingerprint density at radius 2 is 1.66 bits per heavy atom. The number of benzene rings is 3. The number of hydrogen-bond donors (Lipinski definition) is 0. The fraction of sp³-hybridized carbons (Fsp3) is 0.276. The van der Waals surface area contributed by atoms with Crippen LogP contribution in [0.3, 0.4) is 0 Å². The van der Waals surface area contributed by atoms with E-state index in [1.165, 1.54) is 5.56 Å². The van der Waals surface area contributed by atoms with Crippen molar-refractivity contribution >= 4 is 17.7 Å². The highest BCUT2D eigenvalue weighted by molar-refractivity contribution is 7.98. The van der Waals surface area contributed by atoms with Crippen molar-refractivity contribution in [3.63, 3.8) is 0 Å². The molecule has 1 amide bonds. The van der Waals surface area contributed by atoms with Gasteiger partial charge in [-0.05, 0) is 42.5 Å². The smallest absolute Gasteiger partial charge is 0.254 e. The fourth-order valence-corrected chi connectivity index (χ4v) is 5.78. The van der Waals surface area contributed by atoms with Crippen molar-refractivity contribution in [2.75, 3.05) is 13.1 Å². The minimum absolute atomic E-state index is 0.0930. The summed E-state index contributed by atoms with van der Waals surface area (Å²) in [7, 11) is 0. The summed E-state index contributed by atoms with van der Waals surface area (Å²) in [6, 6.07) is 28.5. The maximum Gasteiger partial charge on any atom is 0.254 e. The standard InChI is InChI=1S/C29H30N4OS/c1-2-33-27(30-31-29(33)35-21-22-12-5-3-6-13-22)24-16-11-19-32(20-24)28(34)26-18-10-9-17-25(26)23-14-7-4-8-15-23/h3-10,12-15,17-18,24H,2,11,16,19-21H2,1H3. The summed E-state index contributed by atoms with van der Waals surface area (Å²) in [5, 5.41) is 10.1. The summed E-state index contributed by atoms with van der Waals surface area (Å²) in [4.78, 5) is 15.7. The number of likely N-dealkylation sites (tertiary alicyclic amines) is 1. The molecule has 3 aromatic carbocycles. The normalized spacial score (nSPS) is 15.8. The van der Waals surface area contributed by atoms with E-state index in [-0.39, 0.29) is 11.8 Å². The van der Waals surface area contributed by atoms with Crippen LogP contribution in [0.2, 0.25) is 0 Å². The largest absolute Gasteiger partial charge is 0.338 e. The molecular weight excluding hydrogens is 452 g/mol. The molecule has 0 radical (unpaired) electrons. The monoisotopic (exact) mass is 482 g/mol. The van der Waals surface area contributed by atoms with Crippen molar-refractivity contribution in [1.82, 2.24) is 19.7 Å². The van der Waals surface area contributed by atoms with Gasteiger partial charge in [-0.25, -0.2) is 0 Å². The van der Waals surface area contributed by atoms with Crippen LogP contribution in [-0.2, 0) is 12.3 Å². The Bertz CT molecular complexity index is 1270. The van der Waals surface area contributed by atoms with Crippen LogP contribution in [0.25, 0.3) is 11.1 Å². The minimum atomic E-state index is 0.0930. The quantitative estimate of drug-likeness (QED) is 0.291. The Kier molecular flexibility index (Phi) is 7.28. The molecule has 4 aromatic rings. The zero-order valence-electron chi connectivity index (χ0n) is 20.0. The first-order chi connectivity index (χ1) is 17.2. The molecule has 1 aliphatic heterocycles. The summed E-state index contributed by atoms with van der Waals surface area (Å²) in [5.74, 6) is 2.15. The number of carbonyl (C=O) groups is 1. The van der Waals surface area contributed by atoms with Gasteiger partial charge in [-0.15, -0.1) is 10.2 Å². The molecule has 1 aliphatic rings. The molecule has 35 heavy (non-hydrogen) atoms. The van der Waals surface area contributed by atoms with Gasteiger partial charge in [0.25, 0.3) is 5.91 Å². The zero-order chi connectivity index (χ0) is 24.0. The Balaban J connectivity index is 1.34. The van der Waals surface area contributed by atoms with E-state index in [1.54, 1.807) is 11.8 Å². The molecule has 178 valence electrons. The number of carbonyl (C=O) groups excluding carboxylic acids is 1. The van der Waals surface area contributed by atoms with Gasteiger partial charge >= 0.3 is 0 Å². The summed E-state index contributed by atoms with van der Waals surface area (Å²) < 4.78 is 2.23. The number of nitrogens with zero attached hydrogens (tertiary/aromatic N) is 4. The van der Waals surface area contributed by atoms with E-state index < -0.39 is 0 Å². The summed E-state index contributed by atoms with van der Waals surface area (Å²) >= 11 is 1.72. The van der Waals surface area contributed by atoms with Gasteiger partial charge < -0.3 is 9.47 Å². The maximum absolute atomic E-state index is 13.7. The fourth-order valence-electron chi connectivity index (χ4n) is 4.81. The molecule has 0 N–H and O–H groups in total. The van der Waals surface area contributed by atoms with E-state index in [9.17, 15) is 4.79 Å². The van der Waals surface area contributed by atoms with Crippen LogP contribution in [-0.4, -0.2) is 38.7 Å². The van der Waals surface area contributed by atoms with Crippen LogP contribution in [0.5, 0.6) is 0 Å². The van der Waals surface area contributed by atoms with Gasteiger partial charge in [0.2, 0.25) is 0 Å². The molecule has 1 atom stereocenters. The van der Waals surface area contributed by atoms with Crippen molar-refractivity contribution in [3.05, 3.63) is 102 Å². The Hall–Kier alpha value is -3.38. The van der Waals surface area contributed by atoms with Gasteiger partial charge in [0.1, 0.15) is 5.82 Å². The Morgan fingerprint density at radius 3 is 2.43 bits per heavy atom. The van der Waals surface area contributed by atoms with Crippen LogP contribution in [0.15, 0.2) is 90.1 Å². The second-order valence-electron chi connectivity index (χ2n) is 8.86. The highest BCUT2D eigenvalue weighted by Crippen LogP contribution is 2.32. The van der Waals surface area contributed by atoms with E-state index in [0.29, 0.717) is 6.54 Å². The molecule has 1 saturated heterocycles. The van der Waals surface area contributed by atoms with E-state index in [2.05, 4.69) is 58.1 Å². The van der Waals surface area contributed by atoms with E-state index in [4.69, 9.17) is 0 Å². The summed E-state index contributed by atoms with van der Waals surface area (Å²) in [6.45, 7) is 4.40. The van der Waals surface area contributed by atoms with Crippen molar-refractivity contribution < 1.29 is 4.79 Å². The molecule has 6 heteroatoms. The van der Waals surface area contributed by atoms with Crippen molar-refractivity contribution in [2.24, 2.45) is 0 Å². The minimum Gasteiger partial charge on any atom is -0.338 e. The summed E-state index contributed by atoms with van der Waals surface area (Å²) in [6.07, 6.45) is 1.98. The van der Waals surface area contributed by atoms with Gasteiger partial charge in [0.05, 0.1) is 0 Å². The van der Waals surface area contributed by atoms with E-state index >= 15 is 0 Å². The van der Waals surface area contributed by atoms with Gasteiger partial charge in [0, 0.05) is 36.9 Å². The lowest BCUT2D eigenvalue weighted by molar-refractivity contribution is 0.0704. The summed E-state index contributed by atoms with van der Waals surface area (Å²) in [5.41, 5.74) is 4.08. The van der Waals surface area contributed by atoms with Gasteiger partial charge in [-0.1, -0.05) is 90.6 Å². The van der Waals surface area contributed by atoms with Gasteiger partial charge in [-0.2, -0.15) is 0 Å². The first-order valence-corrected chi connectivity index (χ1v) is 13.3. The second kappa shape index (κ2) is 10.9. The van der Waals surface area contributed by atoms with Crippen LogP contribution < -0.4 is 0 Å². The highest BCUT2D eigenvalue weighted by atomic mass is 32.2. The Labute approximate surface area is 211 Å². The first kappa shape index (κ1) is 23.4. The topological polar surface area (TPSA) is 51.0 Å². The molecule has 1 unspecified atom stereocenters. The lowest BCUT2D eigenvalue weighted by Gasteiger charge is -2.33. The van der Waals surface area contributed by atoms with Crippen LogP contribution in [0.1, 0.15) is 47.4 Å². The lowest BCUT2D eigenvalue weighted by Crippen LogP contribution is -2.40. The van der Waals surface area contributed by atoms with Gasteiger partial charge in [0.15, 0.2) is 5.16 Å². The number of hydrogen-bond acceptors (Lipinski definition) is 4. The molecule has 0 aliphatic carbocycles. The number of piperidine rings is 1. The van der Waals surface area contributed by atoms with Crippen LogP contribution in [0, 0.1) is 0 Å².